The number of benzene rings is 2. The summed E-state index contributed by atoms with van der Waals surface area (Å²) in [6.07, 6.45) is 1.80. The summed E-state index contributed by atoms with van der Waals surface area (Å²) in [5.41, 5.74) is 25.8. The minimum Gasteiger partial charge on any atom is -0.481 e. The second kappa shape index (κ2) is 61.8. The number of H-pyrrole nitrogens is 2. The number of rotatable bonds is 65. The molecule has 18 atom stereocenters. The van der Waals surface area contributed by atoms with Gasteiger partial charge in [-0.05, 0) is 168 Å². The van der Waals surface area contributed by atoms with Crippen LogP contribution in [0.15, 0.2) is 60.9 Å². The Morgan fingerprint density at radius 3 is 1.21 bits per heavy atom. The highest BCUT2D eigenvalue weighted by atomic mass is 32.1. The number of aromatic amines is 2. The van der Waals surface area contributed by atoms with Gasteiger partial charge in [-0.3, -0.25) is 95.9 Å². The Kier molecular flexibility index (Phi) is 51.7. The summed E-state index contributed by atoms with van der Waals surface area (Å²) in [5, 5.41) is 70.3. The van der Waals surface area contributed by atoms with E-state index in [2.05, 4.69) is 115 Å². The number of para-hydroxylation sites is 2. The number of primary amides is 1. The van der Waals surface area contributed by atoms with Crippen molar-refractivity contribution in [3.63, 3.8) is 0 Å². The van der Waals surface area contributed by atoms with Crippen LogP contribution >= 0.6 is 25.3 Å². The van der Waals surface area contributed by atoms with Gasteiger partial charge in [0.25, 0.3) is 0 Å². The molecule has 0 radical (unpaired) electrons. The average molecular weight is 2130 g/mol. The zero-order chi connectivity index (χ0) is 111. The second-order valence-corrected chi connectivity index (χ2v) is 40.9. The van der Waals surface area contributed by atoms with E-state index < -0.39 is 283 Å². The third kappa shape index (κ3) is 39.8. The topological polar surface area (TPSA) is 742 Å². The van der Waals surface area contributed by atoms with Crippen LogP contribution in [0.1, 0.15) is 216 Å². The lowest BCUT2D eigenvalue weighted by Crippen LogP contribution is -2.62. The van der Waals surface area contributed by atoms with Crippen LogP contribution in [0, 0.1) is 35.5 Å². The van der Waals surface area contributed by atoms with Crippen molar-refractivity contribution in [3.05, 3.63) is 72.1 Å². The fourth-order valence-electron chi connectivity index (χ4n) is 17.7. The van der Waals surface area contributed by atoms with Crippen LogP contribution in [0.2, 0.25) is 0 Å². The van der Waals surface area contributed by atoms with Gasteiger partial charge in [0.05, 0.1) is 25.4 Å². The number of nitrogens with one attached hydrogen (secondary N) is 17. The van der Waals surface area contributed by atoms with Crippen LogP contribution in [-0.2, 0) is 114 Å². The number of aliphatic carboxylic acids is 3. The lowest BCUT2D eigenvalue weighted by molar-refractivity contribution is -0.147. The van der Waals surface area contributed by atoms with Crippen LogP contribution in [-0.4, -0.2) is 306 Å². The van der Waals surface area contributed by atoms with E-state index in [1.54, 1.807) is 116 Å². The summed E-state index contributed by atoms with van der Waals surface area (Å²) >= 11 is 8.59. The predicted molar refractivity (Wildman–Crippen MR) is 558 cm³/mol. The third-order valence-electron chi connectivity index (χ3n) is 25.8. The molecule has 2 saturated heterocycles. The number of likely N-dealkylation sites (tertiary alicyclic amines) is 2. The molecule has 28 N–H and O–H groups in total. The summed E-state index contributed by atoms with van der Waals surface area (Å²) < 4.78 is 0. The van der Waals surface area contributed by atoms with Crippen LogP contribution < -0.4 is 103 Å². The molecule has 0 saturated carbocycles. The number of hydrogen-bond donors (Lipinski definition) is 26. The maximum Gasteiger partial charge on any atom is 0.326 e. The van der Waals surface area contributed by atoms with Gasteiger partial charge >= 0.3 is 17.9 Å². The number of carbonyl (C=O) groups is 21. The minimum atomic E-state index is -1.99. The van der Waals surface area contributed by atoms with Crippen molar-refractivity contribution < 1.29 is 116 Å². The van der Waals surface area contributed by atoms with Crippen molar-refractivity contribution in [1.29, 1.82) is 0 Å². The fourth-order valence-corrected chi connectivity index (χ4v) is 18.2. The summed E-state index contributed by atoms with van der Waals surface area (Å²) in [6.45, 7) is 20.5. The fraction of sp³-hybridized carbons (Fsp3) is 0.630. The summed E-state index contributed by atoms with van der Waals surface area (Å²) in [5.74, 6) is -24.3. The monoisotopic (exact) mass is 2130 g/mol. The molecular formula is C100H155N23O24S2. The number of amides is 18. The molecule has 49 heteroatoms. The Labute approximate surface area is 877 Å². The highest BCUT2D eigenvalue weighted by Crippen LogP contribution is 2.27. The van der Waals surface area contributed by atoms with E-state index in [9.17, 15) is 87.2 Å². The molecule has 0 spiro atoms. The number of unbranched alkanes of at least 4 members (excludes halogenated alkanes) is 2. The first-order chi connectivity index (χ1) is 70.4. The number of thiol groups is 2. The van der Waals surface area contributed by atoms with Crippen LogP contribution in [0.3, 0.4) is 0 Å². The van der Waals surface area contributed by atoms with Crippen LogP contribution in [0.25, 0.3) is 21.8 Å². The van der Waals surface area contributed by atoms with Crippen molar-refractivity contribution in [2.75, 3.05) is 44.2 Å². The summed E-state index contributed by atoms with van der Waals surface area (Å²) in [6, 6.07) is -11.4. The molecule has 0 bridgehead atoms. The first-order valence-electron chi connectivity index (χ1n) is 51.0. The van der Waals surface area contributed by atoms with Crippen molar-refractivity contribution in [3.8, 4) is 0 Å². The third-order valence-corrected chi connectivity index (χ3v) is 26.5. The summed E-state index contributed by atoms with van der Waals surface area (Å²) in [7, 11) is 0. The molecule has 47 nitrogen and oxygen atoms in total. The number of carbonyl (C=O) groups excluding carboxylic acids is 18. The van der Waals surface area contributed by atoms with Gasteiger partial charge in [0.15, 0.2) is 0 Å². The Morgan fingerprint density at radius 2 is 0.765 bits per heavy atom. The molecule has 4 aromatic rings. The molecule has 2 aliphatic heterocycles. The van der Waals surface area contributed by atoms with E-state index in [4.69, 9.17) is 22.9 Å². The van der Waals surface area contributed by atoms with Gasteiger partial charge in [-0.2, -0.15) is 25.3 Å². The van der Waals surface area contributed by atoms with E-state index in [0.717, 1.165) is 4.90 Å². The number of nitrogens with zero attached hydrogens (tertiary/aromatic N) is 2. The number of carboxylic acids is 3. The molecule has 0 aliphatic carbocycles. The highest BCUT2D eigenvalue weighted by molar-refractivity contribution is 7.80. The van der Waals surface area contributed by atoms with Crippen molar-refractivity contribution in [2.45, 2.75) is 321 Å². The SMILES string of the molecule is CC[C@H](C)[C@H](NC(=O)[C@H](CC(C)C)NC(=O)[C@H](CC(C)C)NC(=O)[C@H](CC(=O)O)NC(=O)[C@H](Cc1c[nH]c2ccccc12)NC(=O)[C@H](CCCCN)NC(=O)[C@H](CS)NC(=O)CNC(=O)[C@@H]1CCCN1C(=O)[C@@H](N)CC(C)C)C(=O)N[C@@H](CCCCN)C(=O)N[C@@H](CCC(N)=O)C(=O)N[C@@H](Cc1c[nH]c2ccccc12)C(=O)N[C@H](C(=O)N[C@@H](CS)C(=O)N[C@@H](CC(=O)O)C(=O)N1CCC[C@H]1C(=O)N[C@@H](CC(C)C)C(=O)O)C(C)C. The quantitative estimate of drug-likeness (QED) is 0.0185. The van der Waals surface area contributed by atoms with Crippen molar-refractivity contribution >= 4 is 171 Å². The maximum absolute atomic E-state index is 15.1. The maximum atomic E-state index is 15.1. The molecule has 0 unspecified atom stereocenters. The molecule has 2 aromatic carbocycles. The zero-order valence-corrected chi connectivity index (χ0v) is 88.7. The Morgan fingerprint density at radius 1 is 0.403 bits per heavy atom. The molecule has 149 heavy (non-hydrogen) atoms. The van der Waals surface area contributed by atoms with E-state index in [1.165, 1.54) is 18.7 Å². The lowest BCUT2D eigenvalue weighted by Gasteiger charge is -2.31. The van der Waals surface area contributed by atoms with Gasteiger partial charge in [0, 0.05) is 78.1 Å². The van der Waals surface area contributed by atoms with Gasteiger partial charge in [0.1, 0.15) is 96.7 Å². The zero-order valence-electron chi connectivity index (χ0n) is 86.9. The molecule has 6 rings (SSSR count). The van der Waals surface area contributed by atoms with Gasteiger partial charge in [0.2, 0.25) is 106 Å². The molecule has 4 heterocycles. The summed E-state index contributed by atoms with van der Waals surface area (Å²) in [4.78, 5) is 304. The van der Waals surface area contributed by atoms with Crippen LogP contribution in [0.5, 0.6) is 0 Å². The first-order valence-corrected chi connectivity index (χ1v) is 52.3. The van der Waals surface area contributed by atoms with E-state index in [1.807, 2.05) is 13.8 Å². The number of carboxylic acid groups (broad SMARTS) is 3. The highest BCUT2D eigenvalue weighted by Gasteiger charge is 2.45. The Hall–Kier alpha value is -13.0. The van der Waals surface area contributed by atoms with E-state index >= 15 is 28.8 Å². The Bertz CT molecular complexity index is 5290. The van der Waals surface area contributed by atoms with Gasteiger partial charge in [-0.1, -0.05) is 126 Å². The number of fused-ring (bicyclic) bond motifs is 2. The molecule has 2 fully saturated rings. The number of hydrogen-bond acceptors (Lipinski definition) is 26. The second-order valence-electron chi connectivity index (χ2n) is 40.2. The molecule has 826 valence electrons. The van der Waals surface area contributed by atoms with Gasteiger partial charge in [-0.15, -0.1) is 0 Å². The minimum absolute atomic E-state index is 0.0585. The van der Waals surface area contributed by atoms with E-state index in [0.29, 0.717) is 65.0 Å². The standard InChI is InChI=1S/C100H155N23O24S2/c1-13-56(12)83(97(143)111-65(29-19-21-35-102)84(130)110-66(32-33-78(104)124)86(132)115-70(43-58-47-106-63-27-17-15-25-60(58)63)91(137)120-82(55(10)11)96(142)119-75(50-149)93(139)117-72(45-81(128)129)99(145)123-37-23-31-77(123)95(141)118-73(100(146)147)41-54(8)9)121-90(136)68(40-53(6)7)113-87(133)67(39-52(4)5)112-89(135)71(44-80(126)127)116-88(134)69(42-57-46-105-62-26-16-14-24-59(57)62)114-85(131)64(28-18-20-34-101)109-92(138)74(49-148)108-79(125)48-107-94(140)76-30-22-36-122(76)98(144)61(103)38-51(2)3/h14-17,24-27,46-47,51-56,61,64-77,82-83,105-106,148-149H,13,18-23,28-45,48-50,101-103H2,1-12H3,(H2,104,124)(H,107,140)(H,108,125)(H,109,138)(H,110,130)(H,111,143)(H,112,135)(H,113,133)(H,114,131)(H,115,132)(H,116,134)(H,117,139)(H,118,141)(H,119,142)(H,120,137)(H,121,136)(H,126,127)(H,128,129)(H,146,147)/t56-,61-,64-,65-,66-,67-,68-,69-,70-,71-,72-,73-,74-,75-,76-,77-,82-,83-/m0/s1. The normalized spacial score (nSPS) is 16.8. The molecule has 2 aliphatic rings. The van der Waals surface area contributed by atoms with Crippen molar-refractivity contribution in [1.82, 2.24) is 99.5 Å². The first kappa shape index (κ1) is 125. The van der Waals surface area contributed by atoms with Gasteiger partial charge < -0.3 is 138 Å². The predicted octanol–water partition coefficient (Wildman–Crippen LogP) is -1.05. The smallest absolute Gasteiger partial charge is 0.326 e. The number of aromatic nitrogens is 2. The average Bonchev–Trinajstić information content (AvgIpc) is 1.58. The molecule has 18 amide bonds. The van der Waals surface area contributed by atoms with Crippen molar-refractivity contribution in [2.24, 2.45) is 58.4 Å². The van der Waals surface area contributed by atoms with Crippen LogP contribution in [0.4, 0.5) is 0 Å². The Balaban J connectivity index is 1.21. The largest absolute Gasteiger partial charge is 0.481 e. The molecule has 2 aromatic heterocycles. The van der Waals surface area contributed by atoms with E-state index in [-0.39, 0.29) is 127 Å². The van der Waals surface area contributed by atoms with Gasteiger partial charge in [-0.25, -0.2) is 4.79 Å². The number of nitrogens with two attached hydrogens (primary N) is 4. The molecular weight excluding hydrogens is 1970 g/mol. The lowest BCUT2D eigenvalue weighted by atomic mass is 9.95.